The third-order valence-corrected chi connectivity index (χ3v) is 3.52. The zero-order chi connectivity index (χ0) is 16.3. The molecule has 0 saturated heterocycles. The van der Waals surface area contributed by atoms with Crippen molar-refractivity contribution in [1.82, 2.24) is 15.1 Å². The Bertz CT molecular complexity index is 689. The molecule has 22 heavy (non-hydrogen) atoms. The van der Waals surface area contributed by atoms with E-state index in [0.29, 0.717) is 0 Å². The molecular weight excluding hydrogens is 282 g/mol. The van der Waals surface area contributed by atoms with E-state index in [1.54, 1.807) is 0 Å². The summed E-state index contributed by atoms with van der Waals surface area (Å²) in [6, 6.07) is 9.17. The highest BCUT2D eigenvalue weighted by Gasteiger charge is 2.23. The number of ether oxygens (including phenoxy) is 1. The summed E-state index contributed by atoms with van der Waals surface area (Å²) in [7, 11) is 2.82. The highest BCUT2D eigenvalue weighted by molar-refractivity contribution is 5.95. The van der Waals surface area contributed by atoms with Gasteiger partial charge in [-0.1, -0.05) is 29.8 Å². The zero-order valence-electron chi connectivity index (χ0n) is 13.1. The van der Waals surface area contributed by atoms with Crippen molar-refractivity contribution in [3.05, 3.63) is 52.8 Å². The molecule has 1 heterocycles. The SMILES string of the molecule is CNC(=O)c1cc(C(=O)OC)n([C@@H](C)c2ccc(C)cc2)n1. The van der Waals surface area contributed by atoms with Crippen LogP contribution in [-0.2, 0) is 4.74 Å². The van der Waals surface area contributed by atoms with E-state index in [2.05, 4.69) is 10.4 Å². The Morgan fingerprint density at radius 1 is 1.27 bits per heavy atom. The highest BCUT2D eigenvalue weighted by atomic mass is 16.5. The molecule has 6 heteroatoms. The van der Waals surface area contributed by atoms with Gasteiger partial charge in [-0.15, -0.1) is 0 Å². The van der Waals surface area contributed by atoms with Crippen LogP contribution in [0.5, 0.6) is 0 Å². The first-order valence-corrected chi connectivity index (χ1v) is 6.94. The van der Waals surface area contributed by atoms with Crippen LogP contribution in [0.2, 0.25) is 0 Å². The number of methoxy groups -OCH3 is 1. The van der Waals surface area contributed by atoms with Crippen LogP contribution in [0, 0.1) is 6.92 Å². The van der Waals surface area contributed by atoms with Crippen molar-refractivity contribution < 1.29 is 14.3 Å². The Hall–Kier alpha value is -2.63. The Kier molecular flexibility index (Phi) is 4.60. The summed E-state index contributed by atoms with van der Waals surface area (Å²) in [5.41, 5.74) is 2.56. The van der Waals surface area contributed by atoms with E-state index in [4.69, 9.17) is 4.74 Å². The number of aryl methyl sites for hydroxylation is 1. The molecule has 1 atom stereocenters. The lowest BCUT2D eigenvalue weighted by molar-refractivity contribution is 0.0585. The number of carbonyl (C=O) groups excluding carboxylic acids is 2. The van der Waals surface area contributed by atoms with Gasteiger partial charge in [0.15, 0.2) is 5.69 Å². The number of nitrogens with one attached hydrogen (secondary N) is 1. The summed E-state index contributed by atoms with van der Waals surface area (Å²) in [5, 5.41) is 6.75. The Balaban J connectivity index is 2.47. The number of hydrogen-bond acceptors (Lipinski definition) is 4. The zero-order valence-corrected chi connectivity index (χ0v) is 13.1. The minimum atomic E-state index is -0.526. The van der Waals surface area contributed by atoms with Gasteiger partial charge in [-0.2, -0.15) is 5.10 Å². The third-order valence-electron chi connectivity index (χ3n) is 3.52. The summed E-state index contributed by atoms with van der Waals surface area (Å²) < 4.78 is 6.29. The van der Waals surface area contributed by atoms with Gasteiger partial charge < -0.3 is 10.1 Å². The number of benzene rings is 1. The smallest absolute Gasteiger partial charge is 0.356 e. The van der Waals surface area contributed by atoms with Crippen molar-refractivity contribution in [3.8, 4) is 0 Å². The van der Waals surface area contributed by atoms with Crippen molar-refractivity contribution in [1.29, 1.82) is 0 Å². The Labute approximate surface area is 129 Å². The number of amides is 1. The average Bonchev–Trinajstić information content (AvgIpc) is 2.98. The topological polar surface area (TPSA) is 73.2 Å². The molecule has 2 aromatic rings. The molecule has 0 spiro atoms. The minimum Gasteiger partial charge on any atom is -0.464 e. The second-order valence-corrected chi connectivity index (χ2v) is 5.02. The minimum absolute atomic E-state index is 0.182. The van der Waals surface area contributed by atoms with Crippen molar-refractivity contribution in [2.24, 2.45) is 0 Å². The quantitative estimate of drug-likeness (QED) is 0.876. The molecule has 6 nitrogen and oxygen atoms in total. The summed E-state index contributed by atoms with van der Waals surface area (Å²) in [4.78, 5) is 23.7. The van der Waals surface area contributed by atoms with Gasteiger partial charge in [0.1, 0.15) is 5.69 Å². The second kappa shape index (κ2) is 6.43. The predicted molar refractivity (Wildman–Crippen MR) is 81.9 cm³/mol. The molecule has 0 aliphatic heterocycles. The van der Waals surface area contributed by atoms with E-state index in [1.807, 2.05) is 38.1 Å². The van der Waals surface area contributed by atoms with Gasteiger partial charge in [-0.3, -0.25) is 9.48 Å². The predicted octanol–water partition coefficient (Wildman–Crippen LogP) is 1.95. The molecule has 0 fully saturated rings. The van der Waals surface area contributed by atoms with Crippen LogP contribution in [0.15, 0.2) is 30.3 Å². The third kappa shape index (κ3) is 3.00. The highest BCUT2D eigenvalue weighted by Crippen LogP contribution is 2.21. The number of esters is 1. The monoisotopic (exact) mass is 301 g/mol. The van der Waals surface area contributed by atoms with Gasteiger partial charge in [0, 0.05) is 13.1 Å². The van der Waals surface area contributed by atoms with E-state index < -0.39 is 5.97 Å². The normalized spacial score (nSPS) is 11.8. The summed E-state index contributed by atoms with van der Waals surface area (Å²) >= 11 is 0. The second-order valence-electron chi connectivity index (χ2n) is 5.02. The molecule has 0 aliphatic rings. The van der Waals surface area contributed by atoms with Crippen LogP contribution in [0.25, 0.3) is 0 Å². The van der Waals surface area contributed by atoms with E-state index in [1.165, 1.54) is 24.9 Å². The fourth-order valence-corrected chi connectivity index (χ4v) is 2.17. The molecule has 1 N–H and O–H groups in total. The van der Waals surface area contributed by atoms with Gasteiger partial charge in [0.25, 0.3) is 5.91 Å². The van der Waals surface area contributed by atoms with Gasteiger partial charge in [0.05, 0.1) is 13.2 Å². The van der Waals surface area contributed by atoms with Crippen LogP contribution < -0.4 is 5.32 Å². The molecule has 0 saturated carbocycles. The largest absolute Gasteiger partial charge is 0.464 e. The summed E-state index contributed by atoms with van der Waals surface area (Å²) in [6.07, 6.45) is 0. The van der Waals surface area contributed by atoms with E-state index >= 15 is 0 Å². The maximum absolute atomic E-state index is 11.9. The summed E-state index contributed by atoms with van der Waals surface area (Å²) in [6.45, 7) is 3.92. The van der Waals surface area contributed by atoms with E-state index in [-0.39, 0.29) is 23.3 Å². The van der Waals surface area contributed by atoms with Crippen LogP contribution in [0.4, 0.5) is 0 Å². The van der Waals surface area contributed by atoms with Crippen LogP contribution in [0.3, 0.4) is 0 Å². The van der Waals surface area contributed by atoms with E-state index in [9.17, 15) is 9.59 Å². The van der Waals surface area contributed by atoms with Crippen molar-refractivity contribution in [3.63, 3.8) is 0 Å². The van der Waals surface area contributed by atoms with Crippen LogP contribution >= 0.6 is 0 Å². The van der Waals surface area contributed by atoms with E-state index in [0.717, 1.165) is 11.1 Å². The molecule has 0 radical (unpaired) electrons. The van der Waals surface area contributed by atoms with Gasteiger partial charge in [-0.25, -0.2) is 4.79 Å². The average molecular weight is 301 g/mol. The maximum atomic E-state index is 11.9. The number of carbonyl (C=O) groups is 2. The van der Waals surface area contributed by atoms with Gasteiger partial charge >= 0.3 is 5.97 Å². The Morgan fingerprint density at radius 2 is 1.91 bits per heavy atom. The molecule has 0 bridgehead atoms. The number of aromatic nitrogens is 2. The van der Waals surface area contributed by atoms with Gasteiger partial charge in [0.2, 0.25) is 0 Å². The Morgan fingerprint density at radius 3 is 2.45 bits per heavy atom. The lowest BCUT2D eigenvalue weighted by Crippen LogP contribution is -2.19. The lowest BCUT2D eigenvalue weighted by atomic mass is 10.1. The standard InChI is InChI=1S/C16H19N3O3/c1-10-5-7-12(8-6-10)11(2)19-14(16(21)22-4)9-13(18-19)15(20)17-3/h5-9,11H,1-4H3,(H,17,20)/t11-/m0/s1. The molecule has 2 rings (SSSR count). The fourth-order valence-electron chi connectivity index (χ4n) is 2.17. The fraction of sp³-hybridized carbons (Fsp3) is 0.312. The summed E-state index contributed by atoms with van der Waals surface area (Å²) in [5.74, 6) is -0.873. The molecule has 0 unspecified atom stereocenters. The number of hydrogen-bond donors (Lipinski definition) is 1. The van der Waals surface area contributed by atoms with Crippen LogP contribution in [-0.4, -0.2) is 35.8 Å². The number of rotatable bonds is 4. The maximum Gasteiger partial charge on any atom is 0.356 e. The molecule has 116 valence electrons. The molecule has 0 aliphatic carbocycles. The van der Waals surface area contributed by atoms with Crippen LogP contribution in [0.1, 0.15) is 45.1 Å². The lowest BCUT2D eigenvalue weighted by Gasteiger charge is -2.15. The molecular formula is C16H19N3O3. The first-order chi connectivity index (χ1) is 10.5. The first kappa shape index (κ1) is 15.8. The first-order valence-electron chi connectivity index (χ1n) is 6.94. The van der Waals surface area contributed by atoms with Crippen molar-refractivity contribution in [2.45, 2.75) is 19.9 Å². The van der Waals surface area contributed by atoms with Crippen molar-refractivity contribution >= 4 is 11.9 Å². The molecule has 1 amide bonds. The van der Waals surface area contributed by atoms with Crippen molar-refractivity contribution in [2.75, 3.05) is 14.2 Å². The molecule has 1 aromatic heterocycles. The number of nitrogens with zero attached hydrogens (tertiary/aromatic N) is 2. The molecule has 1 aromatic carbocycles. The van der Waals surface area contributed by atoms with Gasteiger partial charge in [-0.05, 0) is 19.4 Å².